The van der Waals surface area contributed by atoms with Crippen LogP contribution in [0.1, 0.15) is 50.5 Å². The van der Waals surface area contributed by atoms with Gasteiger partial charge in [-0.3, -0.25) is 0 Å². The van der Waals surface area contributed by atoms with E-state index in [2.05, 4.69) is 0 Å². The molecule has 1 saturated heterocycles. The Kier molecular flexibility index (Phi) is 4.18. The summed E-state index contributed by atoms with van der Waals surface area (Å²) in [6, 6.07) is 5.57. The summed E-state index contributed by atoms with van der Waals surface area (Å²) >= 11 is 0. The molecule has 0 aliphatic carbocycles. The van der Waals surface area contributed by atoms with Crippen LogP contribution in [-0.2, 0) is 14.0 Å². The van der Waals surface area contributed by atoms with Gasteiger partial charge < -0.3 is 14.0 Å². The number of carbonyl (C=O) groups is 1. The van der Waals surface area contributed by atoms with Crippen molar-refractivity contribution in [2.75, 3.05) is 6.61 Å². The summed E-state index contributed by atoms with van der Waals surface area (Å²) in [5.41, 5.74) is 1.56. The molecule has 114 valence electrons. The lowest BCUT2D eigenvalue weighted by atomic mass is 9.77. The molecular weight excluding hydrogens is 267 g/mol. The van der Waals surface area contributed by atoms with Crippen LogP contribution in [0.25, 0.3) is 0 Å². The molecule has 0 radical (unpaired) electrons. The standard InChI is InChI=1S/C16H23BO4/c1-7-19-14(18)12-8-11(2)9-13(10-12)17-20-15(3,4)16(5,6)21-17/h8-10H,7H2,1-6H3. The number of benzene rings is 1. The highest BCUT2D eigenvalue weighted by molar-refractivity contribution is 6.62. The van der Waals surface area contributed by atoms with Gasteiger partial charge in [0.1, 0.15) is 0 Å². The first-order chi connectivity index (χ1) is 9.66. The third-order valence-electron chi connectivity index (χ3n) is 4.14. The highest BCUT2D eigenvalue weighted by atomic mass is 16.7. The number of rotatable bonds is 3. The summed E-state index contributed by atoms with van der Waals surface area (Å²) in [6.07, 6.45) is 0. The minimum absolute atomic E-state index is 0.320. The van der Waals surface area contributed by atoms with Gasteiger partial charge in [-0.25, -0.2) is 4.79 Å². The number of esters is 1. The van der Waals surface area contributed by atoms with E-state index in [1.807, 2.05) is 46.8 Å². The first kappa shape index (κ1) is 16.1. The maximum Gasteiger partial charge on any atom is 0.494 e. The molecule has 0 bridgehead atoms. The van der Waals surface area contributed by atoms with Crippen LogP contribution in [0, 0.1) is 6.92 Å². The van der Waals surface area contributed by atoms with Gasteiger partial charge in [0.2, 0.25) is 0 Å². The van der Waals surface area contributed by atoms with Crippen LogP contribution in [0.4, 0.5) is 0 Å². The zero-order valence-corrected chi connectivity index (χ0v) is 13.6. The van der Waals surface area contributed by atoms with Crippen LogP contribution in [0.5, 0.6) is 0 Å². The SMILES string of the molecule is CCOC(=O)c1cc(C)cc(B2OC(C)(C)C(C)(C)O2)c1. The number of aryl methyl sites for hydroxylation is 1. The summed E-state index contributed by atoms with van der Waals surface area (Å²) in [5, 5.41) is 0. The fourth-order valence-electron chi connectivity index (χ4n) is 2.26. The minimum atomic E-state index is -0.469. The van der Waals surface area contributed by atoms with Gasteiger partial charge in [0.25, 0.3) is 0 Å². The lowest BCUT2D eigenvalue weighted by molar-refractivity contribution is 0.00578. The zero-order chi connectivity index (χ0) is 15.8. The molecule has 2 rings (SSSR count). The molecule has 1 aromatic carbocycles. The van der Waals surface area contributed by atoms with Crippen molar-refractivity contribution >= 4 is 18.6 Å². The second-order valence-electron chi connectivity index (χ2n) is 6.44. The van der Waals surface area contributed by atoms with Crippen LogP contribution in [0.2, 0.25) is 0 Å². The van der Waals surface area contributed by atoms with Gasteiger partial charge in [-0.15, -0.1) is 0 Å². The van der Waals surface area contributed by atoms with Crippen molar-refractivity contribution in [2.24, 2.45) is 0 Å². The average molecular weight is 290 g/mol. The second kappa shape index (κ2) is 5.46. The molecule has 1 aliphatic rings. The first-order valence-electron chi connectivity index (χ1n) is 7.30. The predicted octanol–water partition coefficient (Wildman–Crippen LogP) is 2.47. The van der Waals surface area contributed by atoms with Gasteiger partial charge >= 0.3 is 13.1 Å². The number of carbonyl (C=O) groups excluding carboxylic acids is 1. The van der Waals surface area contributed by atoms with E-state index in [0.29, 0.717) is 12.2 Å². The largest absolute Gasteiger partial charge is 0.494 e. The Balaban J connectivity index is 2.32. The van der Waals surface area contributed by atoms with Crippen molar-refractivity contribution in [3.63, 3.8) is 0 Å². The van der Waals surface area contributed by atoms with E-state index in [0.717, 1.165) is 11.0 Å². The van der Waals surface area contributed by atoms with Gasteiger partial charge in [0, 0.05) is 0 Å². The van der Waals surface area contributed by atoms with Crippen molar-refractivity contribution in [1.82, 2.24) is 0 Å². The number of hydrogen-bond acceptors (Lipinski definition) is 4. The summed E-state index contributed by atoms with van der Waals surface area (Å²) in [7, 11) is -0.469. The molecule has 1 aliphatic heterocycles. The smallest absolute Gasteiger partial charge is 0.462 e. The molecule has 5 heteroatoms. The average Bonchev–Trinajstić information content (AvgIpc) is 2.58. The van der Waals surface area contributed by atoms with Gasteiger partial charge in [-0.05, 0) is 59.1 Å². The summed E-state index contributed by atoms with van der Waals surface area (Å²) in [5.74, 6) is -0.320. The van der Waals surface area contributed by atoms with E-state index in [4.69, 9.17) is 14.0 Å². The predicted molar refractivity (Wildman–Crippen MR) is 82.9 cm³/mol. The Morgan fingerprint density at radius 1 is 1.14 bits per heavy atom. The van der Waals surface area contributed by atoms with Gasteiger partial charge in [0.05, 0.1) is 23.4 Å². The highest BCUT2D eigenvalue weighted by Crippen LogP contribution is 2.36. The topological polar surface area (TPSA) is 44.8 Å². The monoisotopic (exact) mass is 290 g/mol. The lowest BCUT2D eigenvalue weighted by Crippen LogP contribution is -2.41. The number of hydrogen-bond donors (Lipinski definition) is 0. The molecule has 0 atom stereocenters. The van der Waals surface area contributed by atoms with Gasteiger partial charge in [0.15, 0.2) is 0 Å². The second-order valence-corrected chi connectivity index (χ2v) is 6.44. The Hall–Kier alpha value is -1.33. The van der Waals surface area contributed by atoms with E-state index in [9.17, 15) is 4.79 Å². The van der Waals surface area contributed by atoms with Gasteiger partial charge in [-0.2, -0.15) is 0 Å². The van der Waals surface area contributed by atoms with E-state index >= 15 is 0 Å². The quantitative estimate of drug-likeness (QED) is 0.633. The molecule has 0 saturated carbocycles. The number of ether oxygens (including phenoxy) is 1. The maximum absolute atomic E-state index is 11.9. The fraction of sp³-hybridized carbons (Fsp3) is 0.562. The molecule has 0 N–H and O–H groups in total. The van der Waals surface area contributed by atoms with Crippen molar-refractivity contribution in [3.8, 4) is 0 Å². The van der Waals surface area contributed by atoms with Crippen LogP contribution in [0.15, 0.2) is 18.2 Å². The Morgan fingerprint density at radius 3 is 2.24 bits per heavy atom. The summed E-state index contributed by atoms with van der Waals surface area (Å²) < 4.78 is 17.1. The molecule has 1 heterocycles. The molecule has 1 aromatic rings. The Labute approximate surface area is 126 Å². The van der Waals surface area contributed by atoms with Crippen molar-refractivity contribution in [2.45, 2.75) is 52.7 Å². The molecule has 0 unspecified atom stereocenters. The van der Waals surface area contributed by atoms with E-state index < -0.39 is 18.3 Å². The van der Waals surface area contributed by atoms with E-state index in [-0.39, 0.29) is 5.97 Å². The molecular formula is C16H23BO4. The van der Waals surface area contributed by atoms with Crippen LogP contribution in [0.3, 0.4) is 0 Å². The third-order valence-corrected chi connectivity index (χ3v) is 4.14. The molecule has 4 nitrogen and oxygen atoms in total. The fourth-order valence-corrected chi connectivity index (χ4v) is 2.26. The van der Waals surface area contributed by atoms with Crippen LogP contribution < -0.4 is 5.46 Å². The van der Waals surface area contributed by atoms with Crippen LogP contribution in [-0.4, -0.2) is 30.9 Å². The molecule has 1 fully saturated rings. The summed E-state index contributed by atoms with van der Waals surface area (Å²) in [6.45, 7) is 12.1. The molecule has 21 heavy (non-hydrogen) atoms. The minimum Gasteiger partial charge on any atom is -0.462 e. The molecule has 0 amide bonds. The van der Waals surface area contributed by atoms with E-state index in [1.165, 1.54) is 0 Å². The molecule has 0 aromatic heterocycles. The van der Waals surface area contributed by atoms with E-state index in [1.54, 1.807) is 13.0 Å². The van der Waals surface area contributed by atoms with Gasteiger partial charge in [-0.1, -0.05) is 11.6 Å². The zero-order valence-electron chi connectivity index (χ0n) is 13.6. The maximum atomic E-state index is 11.9. The Bertz CT molecular complexity index is 535. The van der Waals surface area contributed by atoms with Crippen molar-refractivity contribution in [3.05, 3.63) is 29.3 Å². The first-order valence-corrected chi connectivity index (χ1v) is 7.30. The van der Waals surface area contributed by atoms with Crippen LogP contribution >= 0.6 is 0 Å². The van der Waals surface area contributed by atoms with Crippen molar-refractivity contribution in [1.29, 1.82) is 0 Å². The Morgan fingerprint density at radius 2 is 1.71 bits per heavy atom. The van der Waals surface area contributed by atoms with Crippen molar-refractivity contribution < 1.29 is 18.8 Å². The normalized spacial score (nSPS) is 19.6. The lowest BCUT2D eigenvalue weighted by Gasteiger charge is -2.32. The third kappa shape index (κ3) is 3.14. The summed E-state index contributed by atoms with van der Waals surface area (Å²) in [4.78, 5) is 11.9. The molecule has 0 spiro atoms. The highest BCUT2D eigenvalue weighted by Gasteiger charge is 2.51.